The molecule has 4 N–H and O–H groups in total. The lowest BCUT2D eigenvalue weighted by molar-refractivity contribution is -0.137. The molecule has 0 aliphatic heterocycles. The molecule has 0 aromatic heterocycles. The van der Waals surface area contributed by atoms with Crippen LogP contribution in [0, 0.1) is 0 Å². The van der Waals surface area contributed by atoms with Crippen molar-refractivity contribution < 1.29 is 22.8 Å². The fraction of sp³-hybridized carbons (Fsp3) is 0.273. The summed E-state index contributed by atoms with van der Waals surface area (Å²) in [5.41, 5.74) is 3.52. The molecule has 1 rings (SSSR count). The number of halogens is 3. The molecule has 0 radical (unpaired) electrons. The van der Waals surface area contributed by atoms with Crippen LogP contribution in [0.2, 0.25) is 0 Å². The van der Waals surface area contributed by atoms with Crippen LogP contribution < -0.4 is 16.4 Å². The van der Waals surface area contributed by atoms with Gasteiger partial charge in [0.1, 0.15) is 0 Å². The zero-order chi connectivity index (χ0) is 14.6. The third-order valence-electron chi connectivity index (χ3n) is 2.28. The lowest BCUT2D eigenvalue weighted by atomic mass is 10.1. The van der Waals surface area contributed by atoms with E-state index in [1.807, 2.05) is 0 Å². The standard InChI is InChI=1S/C11H12F3N3O2/c1-16-8-3-2-6(4-7(8)11(12,13)14)10(19)17-5-9(15)18/h2-4,16H,5H2,1H3,(H2,15,18)(H,17,19). The number of primary amides is 1. The molecule has 0 atom stereocenters. The molecule has 2 amide bonds. The van der Waals surface area contributed by atoms with Crippen LogP contribution in [0.4, 0.5) is 18.9 Å². The zero-order valence-electron chi connectivity index (χ0n) is 9.97. The number of benzene rings is 1. The second-order valence-electron chi connectivity index (χ2n) is 3.66. The first-order valence-electron chi connectivity index (χ1n) is 5.21. The number of amides is 2. The van der Waals surface area contributed by atoms with Gasteiger partial charge in [0, 0.05) is 18.3 Å². The van der Waals surface area contributed by atoms with Crippen LogP contribution in [-0.4, -0.2) is 25.4 Å². The topological polar surface area (TPSA) is 84.2 Å². The Morgan fingerprint density at radius 1 is 1.32 bits per heavy atom. The number of nitrogens with one attached hydrogen (secondary N) is 2. The quantitative estimate of drug-likeness (QED) is 0.765. The highest BCUT2D eigenvalue weighted by atomic mass is 19.4. The monoisotopic (exact) mass is 275 g/mol. The fourth-order valence-electron chi connectivity index (χ4n) is 1.41. The van der Waals surface area contributed by atoms with Crippen LogP contribution in [-0.2, 0) is 11.0 Å². The molecule has 0 bridgehead atoms. The van der Waals surface area contributed by atoms with Crippen LogP contribution in [0.1, 0.15) is 15.9 Å². The maximum Gasteiger partial charge on any atom is 0.418 e. The minimum atomic E-state index is -4.58. The first-order valence-corrected chi connectivity index (χ1v) is 5.21. The molecule has 0 spiro atoms. The Balaban J connectivity index is 3.05. The van der Waals surface area contributed by atoms with Crippen molar-refractivity contribution in [3.63, 3.8) is 0 Å². The summed E-state index contributed by atoms with van der Waals surface area (Å²) in [6.45, 7) is -0.437. The molecule has 0 heterocycles. The minimum absolute atomic E-state index is 0.140. The number of hydrogen-bond acceptors (Lipinski definition) is 3. The summed E-state index contributed by atoms with van der Waals surface area (Å²) in [5.74, 6) is -1.58. The van der Waals surface area contributed by atoms with Crippen LogP contribution in [0.5, 0.6) is 0 Å². The maximum atomic E-state index is 12.7. The summed E-state index contributed by atoms with van der Waals surface area (Å²) in [6, 6.07) is 3.07. The maximum absolute atomic E-state index is 12.7. The Morgan fingerprint density at radius 3 is 2.42 bits per heavy atom. The van der Waals surface area contributed by atoms with Gasteiger partial charge < -0.3 is 16.4 Å². The van der Waals surface area contributed by atoms with Crippen LogP contribution in [0.3, 0.4) is 0 Å². The average molecular weight is 275 g/mol. The Bertz CT molecular complexity index is 500. The van der Waals surface area contributed by atoms with Gasteiger partial charge in [-0.2, -0.15) is 13.2 Å². The van der Waals surface area contributed by atoms with Gasteiger partial charge in [-0.15, -0.1) is 0 Å². The van der Waals surface area contributed by atoms with E-state index in [2.05, 4.69) is 10.6 Å². The molecular formula is C11H12F3N3O2. The molecule has 8 heteroatoms. The zero-order valence-corrected chi connectivity index (χ0v) is 9.97. The number of carbonyl (C=O) groups is 2. The fourth-order valence-corrected chi connectivity index (χ4v) is 1.41. The SMILES string of the molecule is CNc1ccc(C(=O)NCC(N)=O)cc1C(F)(F)F. The van der Waals surface area contributed by atoms with E-state index in [0.29, 0.717) is 6.07 Å². The number of alkyl halides is 3. The number of carbonyl (C=O) groups excluding carboxylic acids is 2. The number of anilines is 1. The van der Waals surface area contributed by atoms with Crippen molar-refractivity contribution in [3.8, 4) is 0 Å². The first-order chi connectivity index (χ1) is 8.75. The predicted octanol–water partition coefficient (Wildman–Crippen LogP) is 0.962. The number of rotatable bonds is 4. The molecule has 1 aromatic rings. The molecule has 104 valence electrons. The average Bonchev–Trinajstić information content (AvgIpc) is 2.34. The summed E-state index contributed by atoms with van der Waals surface area (Å²) < 4.78 is 38.2. The Labute approximate surface area is 107 Å². The van der Waals surface area contributed by atoms with Crippen LogP contribution >= 0.6 is 0 Å². The summed E-state index contributed by atoms with van der Waals surface area (Å²) in [7, 11) is 1.34. The summed E-state index contributed by atoms with van der Waals surface area (Å²) >= 11 is 0. The van der Waals surface area contributed by atoms with Gasteiger partial charge in [0.25, 0.3) is 5.91 Å². The van der Waals surface area contributed by atoms with E-state index < -0.39 is 30.1 Å². The predicted molar refractivity (Wildman–Crippen MR) is 62.5 cm³/mol. The molecule has 0 fully saturated rings. The van der Waals surface area contributed by atoms with Crippen molar-refractivity contribution in [2.24, 2.45) is 5.73 Å². The van der Waals surface area contributed by atoms with Gasteiger partial charge in [0.05, 0.1) is 12.1 Å². The Hall–Kier alpha value is -2.25. The van der Waals surface area contributed by atoms with Gasteiger partial charge in [-0.1, -0.05) is 0 Å². The molecule has 0 aliphatic rings. The van der Waals surface area contributed by atoms with Crippen molar-refractivity contribution in [2.75, 3.05) is 18.9 Å². The largest absolute Gasteiger partial charge is 0.418 e. The Kier molecular flexibility index (Phi) is 4.36. The summed E-state index contributed by atoms with van der Waals surface area (Å²) in [4.78, 5) is 22.0. The van der Waals surface area contributed by atoms with E-state index in [4.69, 9.17) is 5.73 Å². The van der Waals surface area contributed by atoms with Crippen molar-refractivity contribution in [2.45, 2.75) is 6.18 Å². The summed E-state index contributed by atoms with van der Waals surface area (Å²) in [6.07, 6.45) is -4.58. The van der Waals surface area contributed by atoms with E-state index in [1.165, 1.54) is 13.1 Å². The van der Waals surface area contributed by atoms with Gasteiger partial charge in [0.15, 0.2) is 0 Å². The van der Waals surface area contributed by atoms with Gasteiger partial charge >= 0.3 is 6.18 Å². The van der Waals surface area contributed by atoms with Crippen molar-refractivity contribution in [1.29, 1.82) is 0 Å². The van der Waals surface area contributed by atoms with E-state index >= 15 is 0 Å². The van der Waals surface area contributed by atoms with E-state index in [1.54, 1.807) is 0 Å². The second-order valence-corrected chi connectivity index (χ2v) is 3.66. The molecule has 19 heavy (non-hydrogen) atoms. The van der Waals surface area contributed by atoms with Crippen LogP contribution in [0.15, 0.2) is 18.2 Å². The molecule has 0 saturated heterocycles. The van der Waals surface area contributed by atoms with Crippen molar-refractivity contribution in [1.82, 2.24) is 5.32 Å². The molecule has 5 nitrogen and oxygen atoms in total. The highest BCUT2D eigenvalue weighted by molar-refractivity contribution is 5.96. The van der Waals surface area contributed by atoms with E-state index in [9.17, 15) is 22.8 Å². The van der Waals surface area contributed by atoms with Crippen molar-refractivity contribution >= 4 is 17.5 Å². The summed E-state index contributed by atoms with van der Waals surface area (Å²) in [5, 5.41) is 4.51. The van der Waals surface area contributed by atoms with E-state index in [-0.39, 0.29) is 11.3 Å². The first kappa shape index (κ1) is 14.8. The highest BCUT2D eigenvalue weighted by Crippen LogP contribution is 2.35. The van der Waals surface area contributed by atoms with E-state index in [0.717, 1.165) is 6.07 Å². The molecule has 0 unspecified atom stereocenters. The lowest BCUT2D eigenvalue weighted by Crippen LogP contribution is -2.33. The molecule has 1 aromatic carbocycles. The normalized spacial score (nSPS) is 10.9. The van der Waals surface area contributed by atoms with Gasteiger partial charge in [-0.3, -0.25) is 9.59 Å². The third kappa shape index (κ3) is 3.87. The second kappa shape index (κ2) is 5.59. The molecule has 0 saturated carbocycles. The molecule has 0 aliphatic carbocycles. The number of nitrogens with two attached hydrogens (primary N) is 1. The van der Waals surface area contributed by atoms with Gasteiger partial charge in [-0.25, -0.2) is 0 Å². The van der Waals surface area contributed by atoms with Crippen LogP contribution in [0.25, 0.3) is 0 Å². The highest BCUT2D eigenvalue weighted by Gasteiger charge is 2.34. The smallest absolute Gasteiger partial charge is 0.388 e. The molecular weight excluding hydrogens is 263 g/mol. The lowest BCUT2D eigenvalue weighted by Gasteiger charge is -2.14. The number of hydrogen-bond donors (Lipinski definition) is 3. The van der Waals surface area contributed by atoms with Gasteiger partial charge in [-0.05, 0) is 18.2 Å². The van der Waals surface area contributed by atoms with Gasteiger partial charge in [0.2, 0.25) is 5.91 Å². The minimum Gasteiger partial charge on any atom is -0.388 e. The van der Waals surface area contributed by atoms with Crippen molar-refractivity contribution in [3.05, 3.63) is 29.3 Å². The third-order valence-corrected chi connectivity index (χ3v) is 2.28. The Morgan fingerprint density at radius 2 is 1.95 bits per heavy atom.